The van der Waals surface area contributed by atoms with E-state index in [1.54, 1.807) is 35.2 Å². The Morgan fingerprint density at radius 1 is 1.32 bits per heavy atom. The number of hydrogen-bond acceptors (Lipinski definition) is 3. The van der Waals surface area contributed by atoms with Crippen molar-refractivity contribution in [1.29, 1.82) is 0 Å². The van der Waals surface area contributed by atoms with Gasteiger partial charge in [0.25, 0.3) is 11.8 Å². The second-order valence-electron chi connectivity index (χ2n) is 5.87. The van der Waals surface area contributed by atoms with Gasteiger partial charge in [-0.05, 0) is 36.2 Å². The van der Waals surface area contributed by atoms with Crippen LogP contribution in [0.5, 0.6) is 5.75 Å². The Kier molecular flexibility index (Phi) is 4.95. The van der Waals surface area contributed by atoms with E-state index < -0.39 is 0 Å². The summed E-state index contributed by atoms with van der Waals surface area (Å²) in [5.41, 5.74) is 2.31. The Hall–Kier alpha value is -2.53. The zero-order valence-electron chi connectivity index (χ0n) is 14.1. The van der Waals surface area contributed by atoms with Crippen molar-refractivity contribution < 1.29 is 14.3 Å². The van der Waals surface area contributed by atoms with Crippen LogP contribution in [-0.2, 0) is 6.54 Å². The number of rotatable bonds is 5. The summed E-state index contributed by atoms with van der Waals surface area (Å²) in [7, 11) is 1.53. The molecule has 3 rings (SSSR count). The molecule has 0 unspecified atom stereocenters. The molecule has 1 aliphatic rings. The van der Waals surface area contributed by atoms with Gasteiger partial charge >= 0.3 is 0 Å². The first-order valence-electron chi connectivity index (χ1n) is 8.11. The highest BCUT2D eigenvalue weighted by Crippen LogP contribution is 2.29. The molecule has 0 aromatic heterocycles. The lowest BCUT2D eigenvalue weighted by molar-refractivity contribution is 0.0774. The molecule has 1 aliphatic heterocycles. The van der Waals surface area contributed by atoms with Crippen LogP contribution >= 0.6 is 11.6 Å². The largest absolute Gasteiger partial charge is 0.495 e. The lowest BCUT2D eigenvalue weighted by Crippen LogP contribution is -2.26. The van der Waals surface area contributed by atoms with Crippen molar-refractivity contribution in [3.05, 3.63) is 58.1 Å². The number of nitrogens with one attached hydrogen (secondary N) is 1. The summed E-state index contributed by atoms with van der Waals surface area (Å²) >= 11 is 6.09. The third kappa shape index (κ3) is 3.33. The number of benzene rings is 2. The fraction of sp³-hybridized carbons (Fsp3) is 0.263. The number of carbonyl (C=O) groups excluding carboxylic acids is 2. The zero-order chi connectivity index (χ0) is 18.0. The number of carbonyl (C=O) groups is 2. The van der Waals surface area contributed by atoms with Crippen molar-refractivity contribution in [1.82, 2.24) is 4.90 Å². The van der Waals surface area contributed by atoms with Gasteiger partial charge in [-0.2, -0.15) is 0 Å². The van der Waals surface area contributed by atoms with Crippen LogP contribution in [0.25, 0.3) is 0 Å². The predicted molar refractivity (Wildman–Crippen MR) is 97.4 cm³/mol. The topological polar surface area (TPSA) is 58.6 Å². The molecule has 0 fully saturated rings. The molecule has 0 saturated heterocycles. The average molecular weight is 359 g/mol. The lowest BCUT2D eigenvalue weighted by Gasteiger charge is -2.14. The van der Waals surface area contributed by atoms with E-state index in [0.29, 0.717) is 40.7 Å². The maximum absolute atomic E-state index is 12.7. The molecule has 2 aromatic rings. The number of anilines is 1. The summed E-state index contributed by atoms with van der Waals surface area (Å²) in [5.74, 6) is 0.116. The maximum atomic E-state index is 12.7. The molecule has 0 aliphatic carbocycles. The molecule has 2 aromatic carbocycles. The lowest BCUT2D eigenvalue weighted by atomic mass is 10.0. The van der Waals surface area contributed by atoms with Gasteiger partial charge in [-0.1, -0.05) is 30.7 Å². The molecule has 0 radical (unpaired) electrons. The normalized spacial score (nSPS) is 12.9. The van der Waals surface area contributed by atoms with E-state index in [-0.39, 0.29) is 11.8 Å². The minimum Gasteiger partial charge on any atom is -0.495 e. The number of amides is 2. The Balaban J connectivity index is 1.86. The number of nitrogens with zero attached hydrogens (tertiary/aromatic N) is 1. The van der Waals surface area contributed by atoms with Crippen LogP contribution in [0.15, 0.2) is 36.4 Å². The van der Waals surface area contributed by atoms with E-state index >= 15 is 0 Å². The van der Waals surface area contributed by atoms with Crippen molar-refractivity contribution >= 4 is 29.1 Å². The molecule has 130 valence electrons. The van der Waals surface area contributed by atoms with E-state index in [4.69, 9.17) is 16.3 Å². The van der Waals surface area contributed by atoms with Gasteiger partial charge in [-0.15, -0.1) is 0 Å². The van der Waals surface area contributed by atoms with Gasteiger partial charge in [0.15, 0.2) is 0 Å². The highest BCUT2D eigenvalue weighted by atomic mass is 35.5. The van der Waals surface area contributed by atoms with Crippen LogP contribution in [0, 0.1) is 0 Å². The molecule has 5 nitrogen and oxygen atoms in total. The van der Waals surface area contributed by atoms with Gasteiger partial charge < -0.3 is 15.0 Å². The van der Waals surface area contributed by atoms with Crippen LogP contribution in [0.4, 0.5) is 5.69 Å². The van der Waals surface area contributed by atoms with Gasteiger partial charge in [0.1, 0.15) is 5.75 Å². The molecule has 1 heterocycles. The average Bonchev–Trinajstić information content (AvgIpc) is 2.91. The summed E-state index contributed by atoms with van der Waals surface area (Å²) in [6.07, 6.45) is 0.881. The molecule has 0 spiro atoms. The summed E-state index contributed by atoms with van der Waals surface area (Å²) in [6, 6.07) is 10.4. The van der Waals surface area contributed by atoms with Crippen LogP contribution in [0.3, 0.4) is 0 Å². The maximum Gasteiger partial charge on any atom is 0.256 e. The highest BCUT2D eigenvalue weighted by molar-refractivity contribution is 6.32. The van der Waals surface area contributed by atoms with E-state index in [9.17, 15) is 9.59 Å². The molecule has 0 atom stereocenters. The fourth-order valence-electron chi connectivity index (χ4n) is 3.00. The first kappa shape index (κ1) is 17.3. The van der Waals surface area contributed by atoms with E-state index in [2.05, 4.69) is 5.32 Å². The minimum absolute atomic E-state index is 0.0876. The molecular weight excluding hydrogens is 340 g/mol. The monoisotopic (exact) mass is 358 g/mol. The van der Waals surface area contributed by atoms with Gasteiger partial charge in [-0.3, -0.25) is 9.59 Å². The Morgan fingerprint density at radius 2 is 2.12 bits per heavy atom. The Bertz CT molecular complexity index is 835. The molecule has 1 N–H and O–H groups in total. The second-order valence-corrected chi connectivity index (χ2v) is 6.28. The molecule has 0 saturated carbocycles. The van der Waals surface area contributed by atoms with Crippen LogP contribution in [-0.4, -0.2) is 30.4 Å². The summed E-state index contributed by atoms with van der Waals surface area (Å²) in [5, 5.41) is 3.20. The standard InChI is InChI=1S/C19H19ClN2O3/c1-3-9-22-11-12-5-4-6-14(17(12)19(22)24)18(23)21-13-7-8-16(25-2)15(20)10-13/h4-8,10H,3,9,11H2,1-2H3,(H,21,23). The first-order valence-corrected chi connectivity index (χ1v) is 8.49. The van der Waals surface area contributed by atoms with Crippen molar-refractivity contribution in [3.8, 4) is 5.75 Å². The second kappa shape index (κ2) is 7.15. The van der Waals surface area contributed by atoms with Crippen LogP contribution < -0.4 is 10.1 Å². The van der Waals surface area contributed by atoms with E-state index in [1.807, 2.05) is 13.0 Å². The van der Waals surface area contributed by atoms with Gasteiger partial charge in [0.2, 0.25) is 0 Å². The number of methoxy groups -OCH3 is 1. The smallest absolute Gasteiger partial charge is 0.256 e. The molecular formula is C19H19ClN2O3. The predicted octanol–water partition coefficient (Wildman–Crippen LogP) is 3.97. The van der Waals surface area contributed by atoms with Gasteiger partial charge in [-0.25, -0.2) is 0 Å². The minimum atomic E-state index is -0.329. The zero-order valence-corrected chi connectivity index (χ0v) is 14.9. The Labute approximate surface area is 151 Å². The van der Waals surface area contributed by atoms with Crippen molar-refractivity contribution in [2.45, 2.75) is 19.9 Å². The van der Waals surface area contributed by atoms with Crippen molar-refractivity contribution in [2.24, 2.45) is 0 Å². The van der Waals surface area contributed by atoms with Crippen LogP contribution in [0.2, 0.25) is 5.02 Å². The summed E-state index contributed by atoms with van der Waals surface area (Å²) < 4.78 is 5.10. The number of hydrogen-bond donors (Lipinski definition) is 1. The third-order valence-corrected chi connectivity index (χ3v) is 4.46. The number of fused-ring (bicyclic) bond motifs is 1. The molecule has 0 bridgehead atoms. The van der Waals surface area contributed by atoms with E-state index in [0.717, 1.165) is 12.0 Å². The fourth-order valence-corrected chi connectivity index (χ4v) is 3.26. The highest BCUT2D eigenvalue weighted by Gasteiger charge is 2.31. The first-order chi connectivity index (χ1) is 12.0. The van der Waals surface area contributed by atoms with E-state index in [1.165, 1.54) is 7.11 Å². The Morgan fingerprint density at radius 3 is 2.80 bits per heavy atom. The van der Waals surface area contributed by atoms with Crippen molar-refractivity contribution in [3.63, 3.8) is 0 Å². The van der Waals surface area contributed by atoms with Gasteiger partial charge in [0.05, 0.1) is 23.3 Å². The molecule has 2 amide bonds. The number of halogens is 1. The summed E-state index contributed by atoms with van der Waals surface area (Å²) in [4.78, 5) is 27.1. The van der Waals surface area contributed by atoms with Crippen molar-refractivity contribution in [2.75, 3.05) is 19.0 Å². The molecule has 25 heavy (non-hydrogen) atoms. The van der Waals surface area contributed by atoms with Crippen LogP contribution in [0.1, 0.15) is 39.6 Å². The number of ether oxygens (including phenoxy) is 1. The molecule has 6 heteroatoms. The summed E-state index contributed by atoms with van der Waals surface area (Å²) in [6.45, 7) is 3.26. The third-order valence-electron chi connectivity index (χ3n) is 4.16. The quantitative estimate of drug-likeness (QED) is 0.879. The SMILES string of the molecule is CCCN1Cc2cccc(C(=O)Nc3ccc(OC)c(Cl)c3)c2C1=O. The van der Waals surface area contributed by atoms with Gasteiger partial charge in [0, 0.05) is 18.8 Å².